The minimum Gasteiger partial charge on any atom is -0.493 e. The zero-order valence-electron chi connectivity index (χ0n) is 15.4. The first-order chi connectivity index (χ1) is 13.5. The number of benzene rings is 2. The topological polar surface area (TPSA) is 88.1 Å². The summed E-state index contributed by atoms with van der Waals surface area (Å²) >= 11 is 0. The minimum absolute atomic E-state index is 0.204. The van der Waals surface area contributed by atoms with Gasteiger partial charge in [-0.2, -0.15) is 0 Å². The maximum Gasteiger partial charge on any atom is 0.336 e. The van der Waals surface area contributed by atoms with E-state index >= 15 is 0 Å². The van der Waals surface area contributed by atoms with Crippen molar-refractivity contribution >= 4 is 21.9 Å². The van der Waals surface area contributed by atoms with Crippen LogP contribution in [-0.2, 0) is 0 Å². The Labute approximate surface area is 158 Å². The molecule has 4 aromatic rings. The Morgan fingerprint density at radius 3 is 2.11 bits per heavy atom. The van der Waals surface area contributed by atoms with Gasteiger partial charge in [0.05, 0.1) is 21.3 Å². The van der Waals surface area contributed by atoms with Crippen LogP contribution in [0.25, 0.3) is 33.3 Å². The average Bonchev–Trinajstić information content (AvgIpc) is 2.71. The third kappa shape index (κ3) is 2.77. The Bertz CT molecular complexity index is 1290. The van der Waals surface area contributed by atoms with Gasteiger partial charge >= 0.3 is 5.63 Å². The zero-order valence-corrected chi connectivity index (χ0v) is 15.4. The summed E-state index contributed by atoms with van der Waals surface area (Å²) in [6.07, 6.45) is 0. The molecule has 0 aliphatic heterocycles. The molecule has 2 aromatic heterocycles. The molecule has 28 heavy (non-hydrogen) atoms. The number of ether oxygens (including phenoxy) is 3. The van der Waals surface area contributed by atoms with Crippen LogP contribution < -0.4 is 25.3 Å². The molecular formula is C21H16O7. The standard InChI is InChI=1S/C21H16O7/c1-24-16-8-12(9-17(25-2)21(16)26-3)15-10-13(22)19-14(27-15)6-4-11-5-7-18(23)28-20(11)19/h4-10H,1-3H3. The van der Waals surface area contributed by atoms with E-state index in [0.717, 1.165) is 0 Å². The molecular weight excluding hydrogens is 364 g/mol. The van der Waals surface area contributed by atoms with Crippen LogP contribution in [-0.4, -0.2) is 21.3 Å². The Morgan fingerprint density at radius 2 is 1.46 bits per heavy atom. The number of hydrogen-bond acceptors (Lipinski definition) is 7. The van der Waals surface area contributed by atoms with Crippen molar-refractivity contribution in [1.82, 2.24) is 0 Å². The number of methoxy groups -OCH3 is 3. The molecule has 0 aliphatic carbocycles. The van der Waals surface area contributed by atoms with Crippen LogP contribution in [0, 0.1) is 0 Å². The lowest BCUT2D eigenvalue weighted by Gasteiger charge is -2.14. The lowest BCUT2D eigenvalue weighted by atomic mass is 10.1. The van der Waals surface area contributed by atoms with Crippen LogP contribution in [0.1, 0.15) is 0 Å². The third-order valence-electron chi connectivity index (χ3n) is 4.43. The van der Waals surface area contributed by atoms with Gasteiger partial charge in [0.15, 0.2) is 22.5 Å². The summed E-state index contributed by atoms with van der Waals surface area (Å²) in [6, 6.07) is 11.0. The molecule has 0 bridgehead atoms. The van der Waals surface area contributed by atoms with Crippen molar-refractivity contribution in [3.63, 3.8) is 0 Å². The molecule has 7 heteroatoms. The molecule has 142 valence electrons. The quantitative estimate of drug-likeness (QED) is 0.395. The maximum atomic E-state index is 12.8. The van der Waals surface area contributed by atoms with Crippen LogP contribution in [0.4, 0.5) is 0 Å². The second-order valence-electron chi connectivity index (χ2n) is 6.00. The first-order valence-corrected chi connectivity index (χ1v) is 8.37. The van der Waals surface area contributed by atoms with Gasteiger partial charge in [-0.05, 0) is 30.3 Å². The monoisotopic (exact) mass is 380 g/mol. The fourth-order valence-corrected chi connectivity index (χ4v) is 3.14. The van der Waals surface area contributed by atoms with Gasteiger partial charge in [0, 0.05) is 23.1 Å². The molecule has 2 aromatic carbocycles. The highest BCUT2D eigenvalue weighted by atomic mass is 16.5. The lowest BCUT2D eigenvalue weighted by molar-refractivity contribution is 0.324. The summed E-state index contributed by atoms with van der Waals surface area (Å²) in [5.41, 5.74) is 0.217. The number of rotatable bonds is 4. The van der Waals surface area contributed by atoms with Gasteiger partial charge in [0.2, 0.25) is 5.75 Å². The molecule has 0 unspecified atom stereocenters. The van der Waals surface area contributed by atoms with E-state index in [-0.39, 0.29) is 16.4 Å². The largest absolute Gasteiger partial charge is 0.493 e. The van der Waals surface area contributed by atoms with Gasteiger partial charge in [-0.15, -0.1) is 0 Å². The molecule has 4 rings (SSSR count). The molecule has 0 saturated heterocycles. The van der Waals surface area contributed by atoms with Gasteiger partial charge in [0.25, 0.3) is 0 Å². The zero-order chi connectivity index (χ0) is 19.8. The predicted octanol–water partition coefficient (Wildman–Crippen LogP) is 3.59. The third-order valence-corrected chi connectivity index (χ3v) is 4.43. The van der Waals surface area contributed by atoms with Gasteiger partial charge in [-0.3, -0.25) is 4.79 Å². The van der Waals surface area contributed by atoms with Gasteiger partial charge in [0.1, 0.15) is 16.7 Å². The van der Waals surface area contributed by atoms with E-state index in [2.05, 4.69) is 0 Å². The van der Waals surface area contributed by atoms with E-state index in [0.29, 0.717) is 39.5 Å². The molecule has 2 heterocycles. The van der Waals surface area contributed by atoms with Crippen LogP contribution in [0.2, 0.25) is 0 Å². The first kappa shape index (κ1) is 17.7. The highest BCUT2D eigenvalue weighted by Crippen LogP contribution is 2.41. The van der Waals surface area contributed by atoms with E-state index in [9.17, 15) is 9.59 Å². The van der Waals surface area contributed by atoms with Crippen molar-refractivity contribution in [1.29, 1.82) is 0 Å². The fourth-order valence-electron chi connectivity index (χ4n) is 3.14. The van der Waals surface area contributed by atoms with E-state index in [4.69, 9.17) is 23.0 Å². The molecule has 0 spiro atoms. The molecule has 0 amide bonds. The minimum atomic E-state index is -0.534. The fraction of sp³-hybridized carbons (Fsp3) is 0.143. The highest BCUT2D eigenvalue weighted by Gasteiger charge is 2.17. The van der Waals surface area contributed by atoms with Crippen LogP contribution in [0.5, 0.6) is 17.2 Å². The van der Waals surface area contributed by atoms with E-state index < -0.39 is 5.63 Å². The molecule has 0 saturated carbocycles. The summed E-state index contributed by atoms with van der Waals surface area (Å²) in [6.45, 7) is 0. The number of fused-ring (bicyclic) bond motifs is 3. The Morgan fingerprint density at radius 1 is 0.786 bits per heavy atom. The summed E-state index contributed by atoms with van der Waals surface area (Å²) in [4.78, 5) is 24.4. The molecule has 7 nitrogen and oxygen atoms in total. The van der Waals surface area contributed by atoms with Crippen molar-refractivity contribution in [2.24, 2.45) is 0 Å². The van der Waals surface area contributed by atoms with Crippen molar-refractivity contribution in [2.75, 3.05) is 21.3 Å². The van der Waals surface area contributed by atoms with Crippen molar-refractivity contribution in [3.8, 4) is 28.6 Å². The van der Waals surface area contributed by atoms with Crippen molar-refractivity contribution < 1.29 is 23.0 Å². The van der Waals surface area contributed by atoms with Gasteiger partial charge in [-0.1, -0.05) is 0 Å². The number of hydrogen-bond donors (Lipinski definition) is 0. The predicted molar refractivity (Wildman–Crippen MR) is 104 cm³/mol. The smallest absolute Gasteiger partial charge is 0.336 e. The van der Waals surface area contributed by atoms with Gasteiger partial charge in [-0.25, -0.2) is 4.79 Å². The summed E-state index contributed by atoms with van der Waals surface area (Å²) in [5.74, 6) is 1.62. The normalized spacial score (nSPS) is 11.0. The first-order valence-electron chi connectivity index (χ1n) is 8.37. The Hall–Kier alpha value is -3.74. The van der Waals surface area contributed by atoms with Gasteiger partial charge < -0.3 is 23.0 Å². The highest BCUT2D eigenvalue weighted by molar-refractivity contribution is 6.01. The maximum absolute atomic E-state index is 12.8. The van der Waals surface area contributed by atoms with E-state index in [1.165, 1.54) is 33.5 Å². The molecule has 0 atom stereocenters. The van der Waals surface area contributed by atoms with E-state index in [1.54, 1.807) is 30.3 Å². The average molecular weight is 380 g/mol. The summed E-state index contributed by atoms with van der Waals surface area (Å²) in [7, 11) is 4.52. The molecule has 0 aliphatic rings. The molecule has 0 radical (unpaired) electrons. The van der Waals surface area contributed by atoms with E-state index in [1.807, 2.05) is 0 Å². The second-order valence-corrected chi connectivity index (χ2v) is 6.00. The summed E-state index contributed by atoms with van der Waals surface area (Å²) in [5, 5.41) is 0.853. The lowest BCUT2D eigenvalue weighted by Crippen LogP contribution is -2.04. The van der Waals surface area contributed by atoms with Crippen molar-refractivity contribution in [2.45, 2.75) is 0 Å². The summed E-state index contributed by atoms with van der Waals surface area (Å²) < 4.78 is 27.2. The molecule has 0 fully saturated rings. The van der Waals surface area contributed by atoms with Crippen LogP contribution in [0.15, 0.2) is 60.9 Å². The van der Waals surface area contributed by atoms with Crippen LogP contribution >= 0.6 is 0 Å². The van der Waals surface area contributed by atoms with Crippen molar-refractivity contribution in [3.05, 3.63) is 63.1 Å². The van der Waals surface area contributed by atoms with Crippen LogP contribution in [0.3, 0.4) is 0 Å². The Kier molecular flexibility index (Phi) is 4.27. The SMILES string of the molecule is COc1cc(-c2cc(=O)c3c(ccc4ccc(=O)oc43)o2)cc(OC)c1OC. The molecule has 0 N–H and O–H groups in total. The Balaban J connectivity index is 2.00. The second kappa shape index (κ2) is 6.77.